The third kappa shape index (κ3) is 3.89. The van der Waals surface area contributed by atoms with Gasteiger partial charge in [0.25, 0.3) is 0 Å². The van der Waals surface area contributed by atoms with Gasteiger partial charge in [0.2, 0.25) is 0 Å². The Morgan fingerprint density at radius 3 is 2.83 bits per heavy atom. The molecule has 18 heavy (non-hydrogen) atoms. The Bertz CT molecular complexity index is 260. The normalized spacial score (nSPS) is 27.6. The smallest absolute Gasteiger partial charge is 0.324 e. The lowest BCUT2D eigenvalue weighted by atomic mass is 9.85. The topological polar surface area (TPSA) is 49.3 Å². The lowest BCUT2D eigenvalue weighted by molar-refractivity contribution is -0.146. The van der Waals surface area contributed by atoms with E-state index >= 15 is 0 Å². The van der Waals surface area contributed by atoms with Crippen LogP contribution in [0.2, 0.25) is 0 Å². The third-order valence-corrected chi connectivity index (χ3v) is 5.05. The number of likely N-dealkylation sites (N-methyl/N-ethyl adjacent to an activating group) is 1. The maximum atomic E-state index is 11.6. The predicted octanol–water partition coefficient (Wildman–Crippen LogP) is 3.14. The number of thioether (sulfide) groups is 1. The van der Waals surface area contributed by atoms with Crippen molar-refractivity contribution < 1.29 is 9.90 Å². The number of unbranched alkanes of at least 4 members (excludes halogenated alkanes) is 1. The van der Waals surface area contributed by atoms with Gasteiger partial charge in [-0.2, -0.15) is 11.8 Å². The number of carboxylic acids is 1. The second-order valence-electron chi connectivity index (χ2n) is 5.15. The van der Waals surface area contributed by atoms with Crippen molar-refractivity contribution >= 4 is 17.7 Å². The maximum absolute atomic E-state index is 11.6. The summed E-state index contributed by atoms with van der Waals surface area (Å²) in [4.78, 5) is 11.6. The fourth-order valence-corrected chi connectivity index (χ4v) is 4.10. The molecule has 1 aliphatic carbocycles. The van der Waals surface area contributed by atoms with Crippen molar-refractivity contribution in [2.45, 2.75) is 57.9 Å². The summed E-state index contributed by atoms with van der Waals surface area (Å²) in [6.07, 6.45) is 6.45. The molecule has 1 fully saturated rings. The molecule has 1 saturated carbocycles. The molecule has 3 nitrogen and oxygen atoms in total. The van der Waals surface area contributed by atoms with Gasteiger partial charge in [-0.3, -0.25) is 4.79 Å². The first-order valence-electron chi connectivity index (χ1n) is 7.23. The molecule has 1 rings (SSSR count). The van der Waals surface area contributed by atoms with Gasteiger partial charge in [-0.15, -0.1) is 0 Å². The average Bonchev–Trinajstić information content (AvgIpc) is 2.74. The zero-order valence-corrected chi connectivity index (χ0v) is 12.5. The Kier molecular flexibility index (Phi) is 7.08. The van der Waals surface area contributed by atoms with Crippen LogP contribution in [0.25, 0.3) is 0 Å². The highest BCUT2D eigenvalue weighted by atomic mass is 32.2. The van der Waals surface area contributed by atoms with E-state index in [0.717, 1.165) is 38.0 Å². The number of aliphatic carboxylic acids is 1. The monoisotopic (exact) mass is 273 g/mol. The summed E-state index contributed by atoms with van der Waals surface area (Å²) in [6, 6.07) is 0. The van der Waals surface area contributed by atoms with Crippen LogP contribution in [0, 0.1) is 5.92 Å². The minimum absolute atomic E-state index is 0.309. The molecule has 0 saturated heterocycles. The number of rotatable bonds is 9. The number of carboxylic acid groups (broad SMARTS) is 1. The molecule has 0 heterocycles. The predicted molar refractivity (Wildman–Crippen MR) is 78.2 cm³/mol. The fraction of sp³-hybridized carbons (Fsp3) is 0.929. The van der Waals surface area contributed by atoms with E-state index in [0.29, 0.717) is 5.92 Å². The van der Waals surface area contributed by atoms with E-state index < -0.39 is 11.5 Å². The molecular weight excluding hydrogens is 246 g/mol. The minimum atomic E-state index is -0.648. The van der Waals surface area contributed by atoms with E-state index in [4.69, 9.17) is 0 Å². The van der Waals surface area contributed by atoms with Crippen molar-refractivity contribution in [3.8, 4) is 0 Å². The minimum Gasteiger partial charge on any atom is -0.480 e. The Labute approximate surface area is 115 Å². The van der Waals surface area contributed by atoms with Crippen molar-refractivity contribution in [3.63, 3.8) is 0 Å². The van der Waals surface area contributed by atoms with E-state index in [-0.39, 0.29) is 0 Å². The number of hydrogen-bond acceptors (Lipinski definition) is 3. The van der Waals surface area contributed by atoms with Gasteiger partial charge in [-0.05, 0) is 49.7 Å². The summed E-state index contributed by atoms with van der Waals surface area (Å²) in [5.74, 6) is 1.98. The van der Waals surface area contributed by atoms with Crippen molar-refractivity contribution in [1.29, 1.82) is 0 Å². The van der Waals surface area contributed by atoms with E-state index in [1.54, 1.807) is 0 Å². The fourth-order valence-electron chi connectivity index (χ4n) is 2.95. The van der Waals surface area contributed by atoms with Crippen molar-refractivity contribution in [1.82, 2.24) is 5.32 Å². The van der Waals surface area contributed by atoms with Gasteiger partial charge in [0.05, 0.1) is 0 Å². The first kappa shape index (κ1) is 15.8. The van der Waals surface area contributed by atoms with Crippen molar-refractivity contribution in [2.24, 2.45) is 5.92 Å². The molecule has 0 bridgehead atoms. The summed E-state index contributed by atoms with van der Waals surface area (Å²) in [5, 5.41) is 12.8. The molecule has 0 spiro atoms. The maximum Gasteiger partial charge on any atom is 0.324 e. The van der Waals surface area contributed by atoms with Gasteiger partial charge in [-0.1, -0.05) is 26.7 Å². The largest absolute Gasteiger partial charge is 0.480 e. The molecule has 4 heteroatoms. The average molecular weight is 273 g/mol. The molecule has 0 aromatic rings. The van der Waals surface area contributed by atoms with E-state index in [1.165, 1.54) is 18.6 Å². The van der Waals surface area contributed by atoms with Gasteiger partial charge in [-0.25, -0.2) is 0 Å². The van der Waals surface area contributed by atoms with Crippen LogP contribution in [-0.4, -0.2) is 34.7 Å². The molecule has 0 amide bonds. The van der Waals surface area contributed by atoms with Gasteiger partial charge < -0.3 is 10.4 Å². The molecule has 2 unspecified atom stereocenters. The van der Waals surface area contributed by atoms with Crippen LogP contribution < -0.4 is 5.32 Å². The highest BCUT2D eigenvalue weighted by Crippen LogP contribution is 2.38. The van der Waals surface area contributed by atoms with Crippen LogP contribution >= 0.6 is 11.8 Å². The first-order chi connectivity index (χ1) is 8.67. The second-order valence-corrected chi connectivity index (χ2v) is 6.38. The molecule has 0 aromatic carbocycles. The summed E-state index contributed by atoms with van der Waals surface area (Å²) >= 11 is 1.97. The summed E-state index contributed by atoms with van der Waals surface area (Å²) in [6.45, 7) is 4.94. The van der Waals surface area contributed by atoms with Crippen LogP contribution in [0.4, 0.5) is 0 Å². The number of hydrogen-bond donors (Lipinski definition) is 2. The summed E-state index contributed by atoms with van der Waals surface area (Å²) < 4.78 is 0. The van der Waals surface area contributed by atoms with E-state index in [2.05, 4.69) is 12.2 Å². The lowest BCUT2D eigenvalue weighted by Gasteiger charge is -2.32. The molecular formula is C14H27NO2S. The van der Waals surface area contributed by atoms with Crippen LogP contribution in [-0.2, 0) is 4.79 Å². The molecule has 106 valence electrons. The lowest BCUT2D eigenvalue weighted by Crippen LogP contribution is -2.54. The van der Waals surface area contributed by atoms with Crippen LogP contribution in [0.15, 0.2) is 0 Å². The highest BCUT2D eigenvalue weighted by Gasteiger charge is 2.47. The second kappa shape index (κ2) is 8.05. The van der Waals surface area contributed by atoms with Gasteiger partial charge in [0.15, 0.2) is 0 Å². The van der Waals surface area contributed by atoms with Gasteiger partial charge in [0, 0.05) is 0 Å². The van der Waals surface area contributed by atoms with E-state index in [9.17, 15) is 9.90 Å². The third-order valence-electron chi connectivity index (χ3n) is 3.95. The van der Waals surface area contributed by atoms with E-state index in [1.807, 2.05) is 18.7 Å². The molecule has 0 aliphatic heterocycles. The molecule has 0 aromatic heterocycles. The number of carbonyl (C=O) groups is 1. The quantitative estimate of drug-likeness (QED) is 0.634. The van der Waals surface area contributed by atoms with Gasteiger partial charge in [0.1, 0.15) is 5.54 Å². The molecule has 0 radical (unpaired) electrons. The van der Waals surface area contributed by atoms with Gasteiger partial charge >= 0.3 is 5.97 Å². The summed E-state index contributed by atoms with van der Waals surface area (Å²) in [5.41, 5.74) is -0.639. The Balaban J connectivity index is 2.44. The Morgan fingerprint density at radius 2 is 2.22 bits per heavy atom. The Morgan fingerprint density at radius 1 is 1.44 bits per heavy atom. The Hall–Kier alpha value is -0.220. The molecule has 2 atom stereocenters. The summed E-state index contributed by atoms with van der Waals surface area (Å²) in [7, 11) is 0. The van der Waals surface area contributed by atoms with Crippen molar-refractivity contribution in [3.05, 3.63) is 0 Å². The number of nitrogens with one attached hydrogen (secondary N) is 1. The molecule has 1 aliphatic rings. The standard InChI is InChI=1S/C14H27NO2S/c1-3-5-10-18-11-8-12-7-6-9-14(12,13(16)17)15-4-2/h12,15H,3-11H2,1-2H3,(H,16,17). The zero-order valence-electron chi connectivity index (χ0n) is 11.7. The highest BCUT2D eigenvalue weighted by molar-refractivity contribution is 7.99. The SMILES string of the molecule is CCCCSCCC1CCCC1(NCC)C(=O)O. The van der Waals surface area contributed by atoms with Crippen LogP contribution in [0.5, 0.6) is 0 Å². The molecule has 2 N–H and O–H groups in total. The first-order valence-corrected chi connectivity index (χ1v) is 8.39. The van der Waals surface area contributed by atoms with Crippen LogP contribution in [0.3, 0.4) is 0 Å². The van der Waals surface area contributed by atoms with Crippen LogP contribution in [0.1, 0.15) is 52.4 Å². The zero-order chi connectivity index (χ0) is 13.4. The van der Waals surface area contributed by atoms with Crippen molar-refractivity contribution in [2.75, 3.05) is 18.1 Å².